The van der Waals surface area contributed by atoms with Crippen LogP contribution in [0, 0.1) is 0 Å². The molecule has 0 aliphatic heterocycles. The molecule has 1 N–H and O–H groups in total. The predicted molar refractivity (Wildman–Crippen MR) is 150 cm³/mol. The van der Waals surface area contributed by atoms with Crippen LogP contribution in [0.1, 0.15) is 24.2 Å². The standard InChI is InChI=1S/C26H32N4O8S2/c1-5-38-24(32)17-30-22-11-8-20(27-18(2)31)16-23(22)39-26(30)28-25(33)19-6-9-21(10-7-19)40(34,35)29(12-14-36-3)13-15-37-4/h6-11,16H,5,12-15,17H2,1-4H3,(H,27,31). The number of nitrogens with zero attached hydrogens (tertiary/aromatic N) is 3. The fraction of sp³-hybridized carbons (Fsp3) is 0.385. The molecular formula is C26H32N4O8S2. The third-order valence-electron chi connectivity index (χ3n) is 5.62. The number of anilines is 1. The Hall–Kier alpha value is -3.43. The van der Waals surface area contributed by atoms with Gasteiger partial charge in [-0.15, -0.1) is 0 Å². The largest absolute Gasteiger partial charge is 0.465 e. The van der Waals surface area contributed by atoms with Crippen molar-refractivity contribution in [1.29, 1.82) is 0 Å². The van der Waals surface area contributed by atoms with E-state index in [2.05, 4.69) is 10.3 Å². The second kappa shape index (κ2) is 14.3. The second-order valence-electron chi connectivity index (χ2n) is 8.47. The highest BCUT2D eigenvalue weighted by molar-refractivity contribution is 7.89. The van der Waals surface area contributed by atoms with Gasteiger partial charge in [-0.1, -0.05) is 11.3 Å². The van der Waals surface area contributed by atoms with Crippen LogP contribution < -0.4 is 10.1 Å². The fourth-order valence-electron chi connectivity index (χ4n) is 3.74. The average Bonchev–Trinajstić information content (AvgIpc) is 3.24. The summed E-state index contributed by atoms with van der Waals surface area (Å²) in [6, 6.07) is 10.6. The molecule has 0 radical (unpaired) electrons. The van der Waals surface area contributed by atoms with E-state index >= 15 is 0 Å². The van der Waals surface area contributed by atoms with Gasteiger partial charge in [0.25, 0.3) is 5.91 Å². The van der Waals surface area contributed by atoms with Crippen molar-refractivity contribution >= 4 is 55.0 Å². The van der Waals surface area contributed by atoms with Gasteiger partial charge in [0.05, 0.1) is 34.9 Å². The lowest BCUT2D eigenvalue weighted by Gasteiger charge is -2.21. The molecule has 0 saturated heterocycles. The Balaban J connectivity index is 1.96. The minimum Gasteiger partial charge on any atom is -0.465 e. The highest BCUT2D eigenvalue weighted by Crippen LogP contribution is 2.23. The SMILES string of the molecule is CCOC(=O)Cn1c(=NC(=O)c2ccc(S(=O)(=O)N(CCOC)CCOC)cc2)sc2cc(NC(C)=O)ccc21. The second-order valence-corrected chi connectivity index (χ2v) is 11.4. The van der Waals surface area contributed by atoms with Gasteiger partial charge >= 0.3 is 5.97 Å². The van der Waals surface area contributed by atoms with Crippen LogP contribution in [-0.4, -0.2) is 82.2 Å². The van der Waals surface area contributed by atoms with Crippen molar-refractivity contribution in [3.8, 4) is 0 Å². The number of methoxy groups -OCH3 is 2. The molecule has 1 heterocycles. The number of hydrogen-bond donors (Lipinski definition) is 1. The lowest BCUT2D eigenvalue weighted by atomic mass is 10.2. The van der Waals surface area contributed by atoms with E-state index in [4.69, 9.17) is 14.2 Å². The molecule has 0 atom stereocenters. The fourth-order valence-corrected chi connectivity index (χ4v) is 6.21. The first kappa shape index (κ1) is 31.1. The molecule has 14 heteroatoms. The normalized spacial score (nSPS) is 12.2. The zero-order valence-electron chi connectivity index (χ0n) is 22.7. The van der Waals surface area contributed by atoms with E-state index in [0.29, 0.717) is 15.9 Å². The van der Waals surface area contributed by atoms with E-state index in [0.717, 1.165) is 11.3 Å². The number of hydrogen-bond acceptors (Lipinski definition) is 9. The molecule has 0 fully saturated rings. The Kier molecular flexibility index (Phi) is 11.1. The first-order chi connectivity index (χ1) is 19.1. The highest BCUT2D eigenvalue weighted by Gasteiger charge is 2.24. The first-order valence-corrected chi connectivity index (χ1v) is 14.6. The quantitative estimate of drug-likeness (QED) is 0.298. The third-order valence-corrected chi connectivity index (χ3v) is 8.58. The summed E-state index contributed by atoms with van der Waals surface area (Å²) in [7, 11) is -0.882. The number of rotatable bonds is 13. The topological polar surface area (TPSA) is 146 Å². The Morgan fingerprint density at radius 3 is 2.25 bits per heavy atom. The van der Waals surface area contributed by atoms with E-state index in [-0.39, 0.29) is 60.6 Å². The molecule has 1 aromatic heterocycles. The van der Waals surface area contributed by atoms with E-state index < -0.39 is 21.9 Å². The number of fused-ring (bicyclic) bond motifs is 1. The van der Waals surface area contributed by atoms with Gasteiger partial charge in [0.2, 0.25) is 15.9 Å². The summed E-state index contributed by atoms with van der Waals surface area (Å²) < 4.78 is 44.9. The highest BCUT2D eigenvalue weighted by atomic mass is 32.2. The molecule has 40 heavy (non-hydrogen) atoms. The van der Waals surface area contributed by atoms with Crippen molar-refractivity contribution in [3.63, 3.8) is 0 Å². The molecule has 216 valence electrons. The van der Waals surface area contributed by atoms with Crippen LogP contribution in [0.4, 0.5) is 5.69 Å². The van der Waals surface area contributed by atoms with Crippen molar-refractivity contribution in [2.45, 2.75) is 25.3 Å². The van der Waals surface area contributed by atoms with Crippen molar-refractivity contribution in [3.05, 3.63) is 52.8 Å². The van der Waals surface area contributed by atoms with Crippen LogP contribution in [0.5, 0.6) is 0 Å². The molecule has 0 bridgehead atoms. The molecule has 0 unspecified atom stereocenters. The summed E-state index contributed by atoms with van der Waals surface area (Å²) in [4.78, 5) is 41.4. The molecule has 3 aromatic rings. The van der Waals surface area contributed by atoms with Crippen LogP contribution in [0.15, 0.2) is 52.4 Å². The number of thiazole rings is 1. The summed E-state index contributed by atoms with van der Waals surface area (Å²) in [5.41, 5.74) is 1.36. The maximum atomic E-state index is 13.1. The molecular weight excluding hydrogens is 560 g/mol. The van der Waals surface area contributed by atoms with Gasteiger partial charge in [0, 0.05) is 45.5 Å². The van der Waals surface area contributed by atoms with Gasteiger partial charge in [-0.3, -0.25) is 14.4 Å². The van der Waals surface area contributed by atoms with Gasteiger partial charge in [-0.05, 0) is 49.4 Å². The van der Waals surface area contributed by atoms with Crippen molar-refractivity contribution in [2.75, 3.05) is 52.4 Å². The Bertz CT molecular complexity index is 1520. The zero-order valence-corrected chi connectivity index (χ0v) is 24.3. The van der Waals surface area contributed by atoms with Crippen LogP contribution in [0.25, 0.3) is 10.2 Å². The molecule has 0 aliphatic rings. The van der Waals surface area contributed by atoms with Crippen molar-refractivity contribution < 1.29 is 37.0 Å². The maximum absolute atomic E-state index is 13.1. The van der Waals surface area contributed by atoms with Gasteiger partial charge in [-0.2, -0.15) is 9.30 Å². The monoisotopic (exact) mass is 592 g/mol. The third kappa shape index (κ3) is 7.82. The molecule has 0 saturated carbocycles. The number of sulfonamides is 1. The number of carbonyl (C=O) groups is 3. The summed E-state index contributed by atoms with van der Waals surface area (Å²) in [5, 5.41) is 2.70. The van der Waals surface area contributed by atoms with E-state index in [9.17, 15) is 22.8 Å². The minimum absolute atomic E-state index is 0.0148. The number of amides is 2. The summed E-state index contributed by atoms with van der Waals surface area (Å²) in [6.07, 6.45) is 0. The number of nitrogens with one attached hydrogen (secondary N) is 1. The Morgan fingerprint density at radius 1 is 1.02 bits per heavy atom. The summed E-state index contributed by atoms with van der Waals surface area (Å²) in [5.74, 6) is -1.35. The van der Waals surface area contributed by atoms with Crippen molar-refractivity contribution in [2.24, 2.45) is 4.99 Å². The molecule has 12 nitrogen and oxygen atoms in total. The van der Waals surface area contributed by atoms with E-state index in [1.807, 2.05) is 0 Å². The maximum Gasteiger partial charge on any atom is 0.326 e. The average molecular weight is 593 g/mol. The van der Waals surface area contributed by atoms with Gasteiger partial charge in [0.15, 0.2) is 4.80 Å². The van der Waals surface area contributed by atoms with Crippen molar-refractivity contribution in [1.82, 2.24) is 8.87 Å². The predicted octanol–water partition coefficient (Wildman–Crippen LogP) is 2.25. The molecule has 2 aromatic carbocycles. The molecule has 0 spiro atoms. The molecule has 3 rings (SSSR count). The van der Waals surface area contributed by atoms with Crippen LogP contribution in [0.3, 0.4) is 0 Å². The van der Waals surface area contributed by atoms with E-state index in [1.54, 1.807) is 29.7 Å². The smallest absolute Gasteiger partial charge is 0.326 e. The minimum atomic E-state index is -3.85. The first-order valence-electron chi connectivity index (χ1n) is 12.3. The van der Waals surface area contributed by atoms with Gasteiger partial charge in [0.1, 0.15) is 6.54 Å². The Labute approximate surface area is 236 Å². The number of aromatic nitrogens is 1. The van der Waals surface area contributed by atoms with Crippen LogP contribution in [-0.2, 0) is 40.4 Å². The van der Waals surface area contributed by atoms with Gasteiger partial charge < -0.3 is 24.1 Å². The van der Waals surface area contributed by atoms with Crippen LogP contribution >= 0.6 is 11.3 Å². The summed E-state index contributed by atoms with van der Waals surface area (Å²) in [6.45, 7) is 3.84. The van der Waals surface area contributed by atoms with E-state index in [1.165, 1.54) is 49.7 Å². The number of ether oxygens (including phenoxy) is 3. The Morgan fingerprint density at radius 2 is 1.68 bits per heavy atom. The molecule has 2 amide bonds. The number of carbonyl (C=O) groups excluding carboxylic acids is 3. The summed E-state index contributed by atoms with van der Waals surface area (Å²) >= 11 is 1.16. The van der Waals surface area contributed by atoms with Crippen LogP contribution in [0.2, 0.25) is 0 Å². The zero-order chi connectivity index (χ0) is 29.3. The van der Waals surface area contributed by atoms with Gasteiger partial charge in [-0.25, -0.2) is 8.42 Å². The lowest BCUT2D eigenvalue weighted by molar-refractivity contribution is -0.143. The molecule has 0 aliphatic carbocycles. The number of esters is 1. The number of benzene rings is 2. The lowest BCUT2D eigenvalue weighted by Crippen LogP contribution is -2.36.